The van der Waals surface area contributed by atoms with Gasteiger partial charge in [-0.05, 0) is 84.6 Å². The molecule has 5 aromatic carbocycles. The van der Waals surface area contributed by atoms with Crippen molar-refractivity contribution in [1.29, 1.82) is 0 Å². The molecule has 4 heteroatoms. The van der Waals surface area contributed by atoms with Gasteiger partial charge in [0.15, 0.2) is 0 Å². The molecule has 1 atom stereocenters. The van der Waals surface area contributed by atoms with Crippen LogP contribution < -0.4 is 0 Å². The summed E-state index contributed by atoms with van der Waals surface area (Å²) < 4.78 is 7.33. The number of rotatable bonds is 3. The van der Waals surface area contributed by atoms with E-state index < -0.39 is 0 Å². The first-order chi connectivity index (χ1) is 22.7. The summed E-state index contributed by atoms with van der Waals surface area (Å²) in [5.41, 5.74) is 9.64. The van der Waals surface area contributed by atoms with E-state index in [1.54, 1.807) is 0 Å². The first-order valence-corrected chi connectivity index (χ1v) is 16.8. The lowest BCUT2D eigenvalue weighted by Gasteiger charge is -2.15. The first-order valence-electron chi connectivity index (χ1n) is 15.9. The fourth-order valence-corrected chi connectivity index (χ4v) is 8.65. The number of aromatic nitrogens is 3. The number of fused-ring (bicyclic) bond motifs is 9. The Hall–Kier alpha value is -5.45. The van der Waals surface area contributed by atoms with E-state index in [2.05, 4.69) is 156 Å². The van der Waals surface area contributed by atoms with Gasteiger partial charge in [0.05, 0.1) is 27.9 Å². The van der Waals surface area contributed by atoms with Gasteiger partial charge in [-0.25, -0.2) is 4.98 Å². The van der Waals surface area contributed by atoms with Crippen LogP contribution >= 0.6 is 11.3 Å². The van der Waals surface area contributed by atoms with Gasteiger partial charge in [-0.2, -0.15) is 0 Å². The third kappa shape index (κ3) is 3.74. The molecule has 218 valence electrons. The van der Waals surface area contributed by atoms with Gasteiger partial charge in [0, 0.05) is 47.6 Å². The summed E-state index contributed by atoms with van der Waals surface area (Å²) in [6, 6.07) is 46.3. The lowest BCUT2D eigenvalue weighted by atomic mass is 9.93. The number of hydrogen-bond donors (Lipinski definition) is 0. The Morgan fingerprint density at radius 3 is 2.02 bits per heavy atom. The summed E-state index contributed by atoms with van der Waals surface area (Å²) >= 11 is 1.86. The molecule has 0 N–H and O–H groups in total. The molecule has 1 aliphatic carbocycles. The molecule has 1 unspecified atom stereocenters. The summed E-state index contributed by atoms with van der Waals surface area (Å²) in [6.45, 7) is 2.29. The maximum absolute atomic E-state index is 5.29. The van der Waals surface area contributed by atoms with Crippen LogP contribution in [0.2, 0.25) is 0 Å². The Labute approximate surface area is 270 Å². The van der Waals surface area contributed by atoms with Crippen molar-refractivity contribution in [3.8, 4) is 22.8 Å². The van der Waals surface area contributed by atoms with Crippen LogP contribution in [0.15, 0.2) is 133 Å². The molecule has 0 amide bonds. The number of pyridine rings is 1. The van der Waals surface area contributed by atoms with Crippen LogP contribution in [-0.2, 0) is 6.42 Å². The van der Waals surface area contributed by atoms with Gasteiger partial charge in [0.2, 0.25) is 0 Å². The van der Waals surface area contributed by atoms with E-state index in [0.717, 1.165) is 23.5 Å². The van der Waals surface area contributed by atoms with Crippen LogP contribution in [0.25, 0.3) is 81.7 Å². The summed E-state index contributed by atoms with van der Waals surface area (Å²) in [4.78, 5) is 5.29. The van der Waals surface area contributed by atoms with Gasteiger partial charge in [-0.3, -0.25) is 4.57 Å². The summed E-state index contributed by atoms with van der Waals surface area (Å²) in [5.74, 6) is 1.49. The van der Waals surface area contributed by atoms with Crippen LogP contribution in [0.5, 0.6) is 0 Å². The molecule has 0 saturated carbocycles. The number of para-hydroxylation sites is 3. The summed E-state index contributed by atoms with van der Waals surface area (Å²) in [5, 5.41) is 6.44. The van der Waals surface area contributed by atoms with Gasteiger partial charge in [0.1, 0.15) is 5.82 Å². The zero-order valence-electron chi connectivity index (χ0n) is 25.3. The minimum absolute atomic E-state index is 0.536. The van der Waals surface area contributed by atoms with E-state index in [-0.39, 0.29) is 0 Å². The van der Waals surface area contributed by atoms with Crippen molar-refractivity contribution in [2.75, 3.05) is 0 Å². The molecule has 0 aliphatic heterocycles. The predicted molar refractivity (Wildman–Crippen MR) is 196 cm³/mol. The number of thiophene rings is 1. The summed E-state index contributed by atoms with van der Waals surface area (Å²) in [7, 11) is 0. The molecule has 1 aliphatic rings. The smallest absolute Gasteiger partial charge is 0.138 e. The molecule has 46 heavy (non-hydrogen) atoms. The average Bonchev–Trinajstić information content (AvgIpc) is 3.75. The van der Waals surface area contributed by atoms with E-state index in [1.165, 1.54) is 69.8 Å². The molecule has 0 saturated heterocycles. The van der Waals surface area contributed by atoms with Gasteiger partial charge in [-0.1, -0.05) is 79.7 Å². The standard InChI is InChI=1S/C42H29N3S/c1-26-17-20-39-32(23-26)31-11-4-7-15-38(31)45(39)42-16-8-12-35(43-42)27-18-21-40-33(24-27)34-25-28(19-22-41(34)46-40)44-36-13-5-2-9-29(36)30-10-3-6-14-37(30)44/h2-22,24-26H,23H2,1H3. The van der Waals surface area contributed by atoms with Crippen molar-refractivity contribution in [3.63, 3.8) is 0 Å². The fourth-order valence-electron chi connectivity index (χ4n) is 7.58. The van der Waals surface area contributed by atoms with Gasteiger partial charge < -0.3 is 4.57 Å². The first kappa shape index (κ1) is 25.8. The Morgan fingerprint density at radius 2 is 1.26 bits per heavy atom. The molecular formula is C42H29N3S. The molecule has 3 nitrogen and oxygen atoms in total. The second-order valence-electron chi connectivity index (χ2n) is 12.5. The van der Waals surface area contributed by atoms with Crippen LogP contribution in [0.4, 0.5) is 0 Å². The third-order valence-corrected chi connectivity index (χ3v) is 10.8. The molecule has 4 aromatic heterocycles. The van der Waals surface area contributed by atoms with E-state index >= 15 is 0 Å². The Morgan fingerprint density at radius 1 is 0.609 bits per heavy atom. The molecule has 0 bridgehead atoms. The Kier molecular flexibility index (Phi) is 5.49. The molecule has 0 spiro atoms. The van der Waals surface area contributed by atoms with Gasteiger partial charge >= 0.3 is 0 Å². The Bertz CT molecular complexity index is 2650. The maximum atomic E-state index is 5.29. The van der Waals surface area contributed by atoms with Crippen molar-refractivity contribution in [2.45, 2.75) is 13.3 Å². The molecule has 4 heterocycles. The average molecular weight is 608 g/mol. The zero-order chi connectivity index (χ0) is 30.4. The third-order valence-electron chi connectivity index (χ3n) is 9.68. The quantitative estimate of drug-likeness (QED) is 0.196. The molecular weight excluding hydrogens is 579 g/mol. The van der Waals surface area contributed by atoms with Crippen molar-refractivity contribution >= 4 is 70.3 Å². The van der Waals surface area contributed by atoms with E-state index in [0.29, 0.717) is 5.92 Å². The van der Waals surface area contributed by atoms with Gasteiger partial charge in [-0.15, -0.1) is 11.3 Å². The van der Waals surface area contributed by atoms with Crippen molar-refractivity contribution in [2.24, 2.45) is 5.92 Å². The molecule has 0 radical (unpaired) electrons. The number of allylic oxidation sites excluding steroid dienone is 1. The number of nitrogens with zero attached hydrogens (tertiary/aromatic N) is 3. The monoisotopic (exact) mass is 607 g/mol. The normalized spacial score (nSPS) is 14.7. The van der Waals surface area contributed by atoms with E-state index in [4.69, 9.17) is 4.98 Å². The van der Waals surface area contributed by atoms with Crippen LogP contribution in [-0.4, -0.2) is 14.1 Å². The van der Waals surface area contributed by atoms with Crippen LogP contribution in [0, 0.1) is 5.92 Å². The largest absolute Gasteiger partial charge is 0.309 e. The predicted octanol–water partition coefficient (Wildman–Crippen LogP) is 11.4. The van der Waals surface area contributed by atoms with Crippen molar-refractivity contribution in [3.05, 3.63) is 145 Å². The van der Waals surface area contributed by atoms with Crippen molar-refractivity contribution in [1.82, 2.24) is 14.1 Å². The maximum Gasteiger partial charge on any atom is 0.138 e. The lowest BCUT2D eigenvalue weighted by Crippen LogP contribution is -2.06. The van der Waals surface area contributed by atoms with Gasteiger partial charge in [0.25, 0.3) is 0 Å². The molecule has 9 aromatic rings. The fraction of sp³-hybridized carbons (Fsp3) is 0.0714. The second kappa shape index (κ2) is 9.77. The highest BCUT2D eigenvalue weighted by Gasteiger charge is 2.21. The second-order valence-corrected chi connectivity index (χ2v) is 13.6. The molecule has 0 fully saturated rings. The highest BCUT2D eigenvalue weighted by molar-refractivity contribution is 7.25. The SMILES string of the molecule is CC1C=Cc2c(c3ccccc3n2-c2cccc(-c3ccc4sc5ccc(-n6c7ccccc7c7ccccc76)cc5c4c3)n2)C1. The highest BCUT2D eigenvalue weighted by Crippen LogP contribution is 2.40. The summed E-state index contributed by atoms with van der Waals surface area (Å²) in [6.07, 6.45) is 5.67. The van der Waals surface area contributed by atoms with Crippen LogP contribution in [0.3, 0.4) is 0 Å². The Balaban J connectivity index is 1.13. The topological polar surface area (TPSA) is 22.8 Å². The molecule has 10 rings (SSSR count). The zero-order valence-corrected chi connectivity index (χ0v) is 26.1. The van der Waals surface area contributed by atoms with Crippen molar-refractivity contribution < 1.29 is 0 Å². The minimum atomic E-state index is 0.536. The van der Waals surface area contributed by atoms with E-state index in [9.17, 15) is 0 Å². The number of hydrogen-bond acceptors (Lipinski definition) is 2. The highest BCUT2D eigenvalue weighted by atomic mass is 32.1. The van der Waals surface area contributed by atoms with Crippen LogP contribution in [0.1, 0.15) is 18.2 Å². The minimum Gasteiger partial charge on any atom is -0.309 e. The number of benzene rings is 5. The van der Waals surface area contributed by atoms with E-state index in [1.807, 2.05) is 11.3 Å². The lowest BCUT2D eigenvalue weighted by molar-refractivity contribution is 0.717.